The molecule has 1 aliphatic heterocycles. The van der Waals surface area contributed by atoms with Crippen molar-refractivity contribution in [2.24, 2.45) is 0 Å². The van der Waals surface area contributed by atoms with Crippen molar-refractivity contribution in [3.63, 3.8) is 0 Å². The van der Waals surface area contributed by atoms with Gasteiger partial charge in [-0.05, 0) is 0 Å². The first-order chi connectivity index (χ1) is 14.2. The first kappa shape index (κ1) is 24.3. The Balaban J connectivity index is 1.70. The number of H-pyrrole nitrogens is 1. The first-order valence-corrected chi connectivity index (χ1v) is 12.4. The molecule has 1 saturated heterocycles. The lowest BCUT2D eigenvalue weighted by Gasteiger charge is -2.19. The van der Waals surface area contributed by atoms with Crippen molar-refractivity contribution in [2.75, 3.05) is 6.61 Å². The SMILES string of the molecule is O=c1[nH]cnc2c1ncn2[C@H]1O[C@@H](COP(=O)(O)OP(=O)(O)OP(=O)(O)O)[C@@H](O)[C@@H]1O. The van der Waals surface area contributed by atoms with Gasteiger partial charge in [0.1, 0.15) is 18.3 Å². The van der Waals surface area contributed by atoms with Gasteiger partial charge in [-0.2, -0.15) is 8.62 Å². The summed E-state index contributed by atoms with van der Waals surface area (Å²) < 4.78 is 51.6. The Hall–Kier alpha value is -1.36. The van der Waals surface area contributed by atoms with Crippen LogP contribution in [0.3, 0.4) is 0 Å². The van der Waals surface area contributed by atoms with Crippen molar-refractivity contribution in [1.82, 2.24) is 19.5 Å². The van der Waals surface area contributed by atoms with Crippen LogP contribution in [0.5, 0.6) is 0 Å². The van der Waals surface area contributed by atoms with E-state index < -0.39 is 60.2 Å². The Morgan fingerprint density at radius 1 is 1.06 bits per heavy atom. The lowest BCUT2D eigenvalue weighted by atomic mass is 10.1. The smallest absolute Gasteiger partial charge is 0.387 e. The van der Waals surface area contributed by atoms with Crippen LogP contribution in [0.15, 0.2) is 17.4 Å². The Morgan fingerprint density at radius 2 is 1.74 bits per heavy atom. The molecule has 1 fully saturated rings. The molecule has 0 aromatic carbocycles. The molecule has 18 nitrogen and oxygen atoms in total. The van der Waals surface area contributed by atoms with Gasteiger partial charge in [0.25, 0.3) is 5.56 Å². The van der Waals surface area contributed by atoms with Gasteiger partial charge in [-0.15, -0.1) is 0 Å². The van der Waals surface area contributed by atoms with Crippen molar-refractivity contribution in [3.8, 4) is 0 Å². The predicted molar refractivity (Wildman–Crippen MR) is 93.9 cm³/mol. The van der Waals surface area contributed by atoms with Gasteiger partial charge in [0.2, 0.25) is 0 Å². The molecule has 31 heavy (non-hydrogen) atoms. The van der Waals surface area contributed by atoms with Crippen LogP contribution in [0.2, 0.25) is 0 Å². The van der Waals surface area contributed by atoms with Gasteiger partial charge in [-0.3, -0.25) is 13.9 Å². The number of phosphoric acid groups is 3. The van der Waals surface area contributed by atoms with E-state index in [1.165, 1.54) is 0 Å². The third-order valence-electron chi connectivity index (χ3n) is 3.79. The minimum Gasteiger partial charge on any atom is -0.387 e. The van der Waals surface area contributed by atoms with E-state index in [-0.39, 0.29) is 11.2 Å². The molecule has 3 heterocycles. The van der Waals surface area contributed by atoms with Crippen LogP contribution in [-0.2, 0) is 31.6 Å². The van der Waals surface area contributed by atoms with Gasteiger partial charge >= 0.3 is 23.5 Å². The average molecular weight is 508 g/mol. The molecule has 0 bridgehead atoms. The standard InChI is InChI=1S/C10H15N4O14P3/c15-6-4(1-25-30(21,22)28-31(23,24)27-29(18,19)20)26-10(7(6)16)14-3-13-5-8(14)11-2-12-9(5)17/h2-4,6-7,10,15-16H,1H2,(H,21,22)(H,23,24)(H,11,12,17)(H2,18,19,20)/t4-,6+,7-,10-/m0/s1. The van der Waals surface area contributed by atoms with Crippen LogP contribution in [0.25, 0.3) is 11.2 Å². The maximum absolute atomic E-state index is 11.8. The van der Waals surface area contributed by atoms with Crippen LogP contribution in [0.4, 0.5) is 0 Å². The number of phosphoric ester groups is 1. The number of nitrogens with zero attached hydrogens (tertiary/aromatic N) is 3. The molecule has 6 atom stereocenters. The average Bonchev–Trinajstić information content (AvgIpc) is 3.13. The fraction of sp³-hybridized carbons (Fsp3) is 0.500. The van der Waals surface area contributed by atoms with E-state index in [2.05, 4.69) is 28.1 Å². The fourth-order valence-electron chi connectivity index (χ4n) is 2.62. The second-order valence-corrected chi connectivity index (χ2v) is 10.4. The topological polar surface area (TPSA) is 273 Å². The molecule has 0 saturated carbocycles. The molecule has 2 unspecified atom stereocenters. The monoisotopic (exact) mass is 508 g/mol. The Kier molecular flexibility index (Phi) is 6.68. The van der Waals surface area contributed by atoms with Gasteiger partial charge < -0.3 is 39.5 Å². The molecular weight excluding hydrogens is 493 g/mol. The van der Waals surface area contributed by atoms with E-state index >= 15 is 0 Å². The third kappa shape index (κ3) is 5.71. The van der Waals surface area contributed by atoms with Crippen LogP contribution in [0, 0.1) is 0 Å². The molecule has 0 aliphatic carbocycles. The van der Waals surface area contributed by atoms with Crippen molar-refractivity contribution in [3.05, 3.63) is 23.0 Å². The highest BCUT2D eigenvalue weighted by Crippen LogP contribution is 2.66. The van der Waals surface area contributed by atoms with Crippen LogP contribution in [-0.4, -0.2) is 74.2 Å². The van der Waals surface area contributed by atoms with Crippen molar-refractivity contribution in [1.29, 1.82) is 0 Å². The maximum Gasteiger partial charge on any atom is 0.490 e. The summed E-state index contributed by atoms with van der Waals surface area (Å²) in [5.74, 6) is 0. The lowest BCUT2D eigenvalue weighted by Crippen LogP contribution is -2.33. The van der Waals surface area contributed by atoms with Gasteiger partial charge in [0.15, 0.2) is 17.4 Å². The summed E-state index contributed by atoms with van der Waals surface area (Å²) in [5, 5.41) is 20.3. The lowest BCUT2D eigenvalue weighted by molar-refractivity contribution is -0.0503. The highest BCUT2D eigenvalue weighted by molar-refractivity contribution is 7.66. The van der Waals surface area contributed by atoms with E-state index in [1.54, 1.807) is 0 Å². The van der Waals surface area contributed by atoms with E-state index in [0.717, 1.165) is 17.2 Å². The van der Waals surface area contributed by atoms with Gasteiger partial charge in [-0.25, -0.2) is 23.7 Å². The summed E-state index contributed by atoms with van der Waals surface area (Å²) in [6, 6.07) is 0. The molecule has 2 aromatic rings. The number of nitrogens with one attached hydrogen (secondary N) is 1. The molecule has 2 aromatic heterocycles. The van der Waals surface area contributed by atoms with E-state index in [4.69, 9.17) is 19.4 Å². The maximum atomic E-state index is 11.8. The number of aliphatic hydroxyl groups excluding tert-OH is 2. The zero-order valence-electron chi connectivity index (χ0n) is 14.8. The number of ether oxygens (including phenoxy) is 1. The molecule has 3 rings (SSSR count). The number of aromatic nitrogens is 4. The zero-order chi connectivity index (χ0) is 23.2. The number of hydrogen-bond donors (Lipinski definition) is 7. The van der Waals surface area contributed by atoms with Crippen molar-refractivity contribution < 1.29 is 61.4 Å². The van der Waals surface area contributed by atoms with E-state index in [0.29, 0.717) is 0 Å². The quantitative estimate of drug-likeness (QED) is 0.191. The van der Waals surface area contributed by atoms with Crippen molar-refractivity contribution >= 4 is 34.6 Å². The first-order valence-electron chi connectivity index (χ1n) is 7.89. The van der Waals surface area contributed by atoms with Gasteiger partial charge in [-0.1, -0.05) is 0 Å². The molecule has 0 spiro atoms. The van der Waals surface area contributed by atoms with Crippen LogP contribution >= 0.6 is 23.5 Å². The number of aliphatic hydroxyl groups is 2. The molecule has 7 N–H and O–H groups in total. The molecule has 0 radical (unpaired) electrons. The number of fused-ring (bicyclic) bond motifs is 1. The number of rotatable bonds is 8. The van der Waals surface area contributed by atoms with E-state index in [9.17, 15) is 33.6 Å². The molecule has 21 heteroatoms. The summed E-state index contributed by atoms with van der Waals surface area (Å²) >= 11 is 0. The Bertz CT molecular complexity index is 1160. The largest absolute Gasteiger partial charge is 0.490 e. The minimum absolute atomic E-state index is 0.00599. The van der Waals surface area contributed by atoms with Crippen LogP contribution < -0.4 is 5.56 Å². The highest BCUT2D eigenvalue weighted by atomic mass is 31.3. The Morgan fingerprint density at radius 3 is 2.39 bits per heavy atom. The molecule has 0 amide bonds. The number of aromatic amines is 1. The van der Waals surface area contributed by atoms with Crippen molar-refractivity contribution in [2.45, 2.75) is 24.5 Å². The summed E-state index contributed by atoms with van der Waals surface area (Å²) in [4.78, 5) is 57.2. The highest BCUT2D eigenvalue weighted by Gasteiger charge is 2.47. The Labute approximate surface area is 170 Å². The zero-order valence-corrected chi connectivity index (χ0v) is 17.5. The minimum atomic E-state index is -5.72. The summed E-state index contributed by atoms with van der Waals surface area (Å²) in [7, 11) is -16.7. The second-order valence-electron chi connectivity index (χ2n) is 5.99. The number of imidazole rings is 1. The number of hydrogen-bond acceptors (Lipinski definition) is 12. The van der Waals surface area contributed by atoms with Crippen LogP contribution in [0.1, 0.15) is 6.23 Å². The molecule has 174 valence electrons. The summed E-state index contributed by atoms with van der Waals surface area (Å²) in [6.45, 7) is -0.987. The summed E-state index contributed by atoms with van der Waals surface area (Å²) in [5.41, 5.74) is -0.681. The predicted octanol–water partition coefficient (Wildman–Crippen LogP) is -1.92. The van der Waals surface area contributed by atoms with E-state index in [1.807, 2.05) is 0 Å². The summed E-state index contributed by atoms with van der Waals surface area (Å²) in [6.07, 6.45) is -4.05. The van der Waals surface area contributed by atoms with Gasteiger partial charge in [0, 0.05) is 0 Å². The molecular formula is C10H15N4O14P3. The second kappa shape index (κ2) is 8.53. The fourth-order valence-corrected chi connectivity index (χ4v) is 5.65. The normalized spacial score (nSPS) is 28.5. The third-order valence-corrected chi connectivity index (χ3v) is 7.60. The molecule has 1 aliphatic rings. The van der Waals surface area contributed by atoms with Gasteiger partial charge in [0.05, 0.1) is 19.3 Å².